The first-order valence-corrected chi connectivity index (χ1v) is 25.1. The summed E-state index contributed by atoms with van der Waals surface area (Å²) in [5.74, 6) is -1.86. The lowest BCUT2D eigenvalue weighted by Crippen LogP contribution is -2.34. The zero-order chi connectivity index (χ0) is 46.2. The van der Waals surface area contributed by atoms with Gasteiger partial charge in [-0.25, -0.2) is 4.57 Å². The number of carbonyl (C=O) groups excluding carboxylic acids is 1. The highest BCUT2D eigenvalue weighted by Crippen LogP contribution is 2.43. The third kappa shape index (κ3) is 46.2. The van der Waals surface area contributed by atoms with E-state index in [0.29, 0.717) is 19.4 Å². The van der Waals surface area contributed by atoms with Crippen LogP contribution in [0.1, 0.15) is 155 Å². The molecule has 0 aromatic heterocycles. The molecule has 0 rings (SSSR count). The van der Waals surface area contributed by atoms with E-state index >= 15 is 0 Å². The largest absolute Gasteiger partial charge is 0.480 e. The molecule has 356 valence electrons. The molecule has 0 aliphatic carbocycles. The number of ether oxygens (including phenoxy) is 2. The van der Waals surface area contributed by atoms with E-state index in [2.05, 4.69) is 129 Å². The SMILES string of the molecule is CC/C=C\C/C=C\C/C=C\C/C=C\C/C=C\C/C=C\C/C=C\CCCC(=O)OC(COCCCCCCCCCC/C=C\C/C=C\C/C=C\CC)COP(=O)(O)OCC(N)C(=O)O. The number of aliphatic carboxylic acids is 1. The summed E-state index contributed by atoms with van der Waals surface area (Å²) in [6.45, 7) is 3.54. The number of hydrogen-bond donors (Lipinski definition) is 3. The van der Waals surface area contributed by atoms with Crippen molar-refractivity contribution in [3.8, 4) is 0 Å². The number of hydrogen-bond acceptors (Lipinski definition) is 8. The van der Waals surface area contributed by atoms with Crippen molar-refractivity contribution in [2.75, 3.05) is 26.4 Å². The van der Waals surface area contributed by atoms with E-state index in [1.165, 1.54) is 32.1 Å². The third-order valence-electron chi connectivity index (χ3n) is 9.24. The fraction of sp³-hybridized carbons (Fsp3) is 0.577. The molecular weight excluding hydrogens is 814 g/mol. The fourth-order valence-electron chi connectivity index (χ4n) is 5.66. The van der Waals surface area contributed by atoms with Crippen LogP contribution < -0.4 is 5.73 Å². The number of allylic oxidation sites excluding steroid dienone is 20. The number of unbranched alkanes of at least 4 members (excludes halogenated alkanes) is 9. The van der Waals surface area contributed by atoms with Crippen LogP contribution >= 0.6 is 7.82 Å². The number of phosphoric acid groups is 1. The topological polar surface area (TPSA) is 155 Å². The second-order valence-corrected chi connectivity index (χ2v) is 16.6. The molecule has 0 saturated carbocycles. The Bertz CT molecular complexity index is 1460. The van der Waals surface area contributed by atoms with Crippen LogP contribution in [0, 0.1) is 0 Å². The van der Waals surface area contributed by atoms with E-state index in [4.69, 9.17) is 29.4 Å². The molecule has 10 nitrogen and oxygen atoms in total. The minimum absolute atomic E-state index is 0.0206. The quantitative estimate of drug-likeness (QED) is 0.0233. The molecule has 0 bridgehead atoms. The Kier molecular flexibility index (Phi) is 43.7. The lowest BCUT2D eigenvalue weighted by molar-refractivity contribution is -0.154. The third-order valence-corrected chi connectivity index (χ3v) is 10.2. The van der Waals surface area contributed by atoms with E-state index < -0.39 is 45.1 Å². The minimum atomic E-state index is -4.65. The van der Waals surface area contributed by atoms with Gasteiger partial charge in [0.2, 0.25) is 0 Å². The van der Waals surface area contributed by atoms with Gasteiger partial charge in [-0.3, -0.25) is 18.6 Å². The van der Waals surface area contributed by atoms with Gasteiger partial charge in [0.15, 0.2) is 0 Å². The lowest BCUT2D eigenvalue weighted by atomic mass is 10.1. The number of carboxylic acids is 1. The predicted octanol–water partition coefficient (Wildman–Crippen LogP) is 13.6. The zero-order valence-corrected chi connectivity index (χ0v) is 39.8. The molecule has 0 spiro atoms. The number of nitrogens with two attached hydrogens (primary N) is 1. The van der Waals surface area contributed by atoms with Gasteiger partial charge in [0, 0.05) is 13.0 Å². The van der Waals surface area contributed by atoms with Gasteiger partial charge in [-0.1, -0.05) is 174 Å². The first-order chi connectivity index (χ1) is 30.7. The second-order valence-electron chi connectivity index (χ2n) is 15.1. The molecule has 11 heteroatoms. The van der Waals surface area contributed by atoms with Crippen LogP contribution in [0.3, 0.4) is 0 Å². The summed E-state index contributed by atoms with van der Waals surface area (Å²) in [6.07, 6.45) is 64.0. The molecule has 0 amide bonds. The Morgan fingerprint density at radius 1 is 0.508 bits per heavy atom. The number of carbonyl (C=O) groups is 2. The number of rotatable bonds is 43. The highest BCUT2D eigenvalue weighted by Gasteiger charge is 2.27. The van der Waals surface area contributed by atoms with Gasteiger partial charge in [0.05, 0.1) is 19.8 Å². The molecule has 0 saturated heterocycles. The van der Waals surface area contributed by atoms with E-state index in [0.717, 1.165) is 89.9 Å². The summed E-state index contributed by atoms with van der Waals surface area (Å²) in [6, 6.07) is -1.49. The first kappa shape index (κ1) is 59.4. The Morgan fingerprint density at radius 2 is 0.873 bits per heavy atom. The van der Waals surface area contributed by atoms with Crippen LogP contribution in [-0.4, -0.2) is 60.5 Å². The van der Waals surface area contributed by atoms with Crippen molar-refractivity contribution < 1.29 is 42.7 Å². The average molecular weight is 898 g/mol. The number of carboxylic acid groups (broad SMARTS) is 1. The average Bonchev–Trinajstić information content (AvgIpc) is 3.26. The van der Waals surface area contributed by atoms with Crippen molar-refractivity contribution in [2.24, 2.45) is 5.73 Å². The maximum atomic E-state index is 12.7. The van der Waals surface area contributed by atoms with Crippen molar-refractivity contribution in [1.29, 1.82) is 0 Å². The van der Waals surface area contributed by atoms with Gasteiger partial charge in [-0.15, -0.1) is 0 Å². The fourth-order valence-corrected chi connectivity index (χ4v) is 6.44. The molecule has 63 heavy (non-hydrogen) atoms. The molecule has 0 aliphatic heterocycles. The Morgan fingerprint density at radius 3 is 1.30 bits per heavy atom. The van der Waals surface area contributed by atoms with E-state index in [1.54, 1.807) is 0 Å². The van der Waals surface area contributed by atoms with Gasteiger partial charge in [-0.05, 0) is 96.3 Å². The van der Waals surface area contributed by atoms with E-state index in [1.807, 2.05) is 6.08 Å². The lowest BCUT2D eigenvalue weighted by Gasteiger charge is -2.20. The molecule has 0 aromatic carbocycles. The second kappa shape index (κ2) is 46.4. The molecule has 3 atom stereocenters. The summed E-state index contributed by atoms with van der Waals surface area (Å²) < 4.78 is 33.4. The monoisotopic (exact) mass is 898 g/mol. The van der Waals surface area contributed by atoms with Crippen LogP contribution in [0.25, 0.3) is 0 Å². The smallest absolute Gasteiger partial charge is 0.472 e. The van der Waals surface area contributed by atoms with Crippen LogP contribution in [-0.2, 0) is 32.7 Å². The number of esters is 1. The first-order valence-electron chi connectivity index (χ1n) is 23.6. The molecule has 0 fully saturated rings. The number of phosphoric ester groups is 1. The summed E-state index contributed by atoms with van der Waals surface area (Å²) in [7, 11) is -4.65. The Labute approximate surface area is 382 Å². The minimum Gasteiger partial charge on any atom is -0.480 e. The van der Waals surface area contributed by atoms with Crippen molar-refractivity contribution >= 4 is 19.8 Å². The molecule has 3 unspecified atom stereocenters. The molecule has 0 radical (unpaired) electrons. The highest BCUT2D eigenvalue weighted by atomic mass is 31.2. The van der Waals surface area contributed by atoms with Crippen LogP contribution in [0.4, 0.5) is 0 Å². The normalized spacial score (nSPS) is 14.9. The van der Waals surface area contributed by atoms with Crippen LogP contribution in [0.5, 0.6) is 0 Å². The van der Waals surface area contributed by atoms with Gasteiger partial charge >= 0.3 is 19.8 Å². The van der Waals surface area contributed by atoms with Gasteiger partial charge in [0.25, 0.3) is 0 Å². The van der Waals surface area contributed by atoms with Crippen LogP contribution in [0.2, 0.25) is 0 Å². The molecule has 4 N–H and O–H groups in total. The van der Waals surface area contributed by atoms with Gasteiger partial charge < -0.3 is 25.2 Å². The van der Waals surface area contributed by atoms with Crippen LogP contribution in [0.15, 0.2) is 122 Å². The van der Waals surface area contributed by atoms with E-state index in [9.17, 15) is 19.0 Å². The van der Waals surface area contributed by atoms with Gasteiger partial charge in [-0.2, -0.15) is 0 Å². The summed E-state index contributed by atoms with van der Waals surface area (Å²) in [5, 5.41) is 8.92. The maximum absolute atomic E-state index is 12.7. The molecule has 0 heterocycles. The predicted molar refractivity (Wildman–Crippen MR) is 262 cm³/mol. The Hall–Kier alpha value is -3.63. The summed E-state index contributed by atoms with van der Waals surface area (Å²) in [4.78, 5) is 33.6. The summed E-state index contributed by atoms with van der Waals surface area (Å²) in [5.41, 5.74) is 5.36. The summed E-state index contributed by atoms with van der Waals surface area (Å²) >= 11 is 0. The standard InChI is InChI=1S/C52H84NO9P/c1-3-5-7-9-11-13-15-17-19-21-23-24-25-26-27-28-30-32-34-36-38-40-42-44-51(54)62-49(47-60-63(57,58)61-48-50(53)52(55)56)46-59-45-43-41-39-37-35-33-31-29-22-20-18-16-14-12-10-8-6-4-2/h5-8,11-14,17-20,23-24,26-27,30,32,36,38,49-50H,3-4,9-10,15-16,21-22,25,28-29,31,33-35,37,39-48,53H2,1-2H3,(H,55,56)(H,57,58)/b7-5-,8-6-,13-11-,14-12-,19-17-,20-18-,24-23-,27-26-,32-30-,38-36-. The van der Waals surface area contributed by atoms with Crippen molar-refractivity contribution in [1.82, 2.24) is 0 Å². The van der Waals surface area contributed by atoms with Crippen molar-refractivity contribution in [3.05, 3.63) is 122 Å². The Balaban J connectivity index is 4.36. The zero-order valence-electron chi connectivity index (χ0n) is 38.9. The molecule has 0 aliphatic rings. The highest BCUT2D eigenvalue weighted by molar-refractivity contribution is 7.47. The molecule has 0 aromatic rings. The van der Waals surface area contributed by atoms with Gasteiger partial charge in [0.1, 0.15) is 12.1 Å². The van der Waals surface area contributed by atoms with Crippen molar-refractivity contribution in [3.63, 3.8) is 0 Å². The maximum Gasteiger partial charge on any atom is 0.472 e. The van der Waals surface area contributed by atoms with E-state index in [-0.39, 0.29) is 13.0 Å². The van der Waals surface area contributed by atoms with Crippen molar-refractivity contribution in [2.45, 2.75) is 167 Å². The molecular formula is C52H84NO9P.